The van der Waals surface area contributed by atoms with Crippen molar-refractivity contribution in [3.63, 3.8) is 0 Å². The van der Waals surface area contributed by atoms with Crippen LogP contribution in [-0.4, -0.2) is 47.4 Å². The molecule has 1 aliphatic rings. The monoisotopic (exact) mass is 418 g/mol. The summed E-state index contributed by atoms with van der Waals surface area (Å²) in [6.07, 6.45) is 8.32. The van der Waals surface area contributed by atoms with Gasteiger partial charge in [0.05, 0.1) is 18.2 Å². The number of aromatic nitrogens is 7. The van der Waals surface area contributed by atoms with Gasteiger partial charge in [0.1, 0.15) is 5.39 Å². The Morgan fingerprint density at radius 2 is 2.03 bits per heavy atom. The zero-order valence-electron chi connectivity index (χ0n) is 17.1. The molecule has 0 spiro atoms. The molecule has 1 fully saturated rings. The molecule has 10 nitrogen and oxygen atoms in total. The van der Waals surface area contributed by atoms with Gasteiger partial charge in [-0.3, -0.25) is 28.8 Å². The standard InChI is InChI=1S/C21H22N8O2/c1-27-19-16(11-24-27)20(31)26-21(25-19)28-7-4-14(5-8-28)12-29-13-23-17(9-18(29)30)15-3-2-6-22-10-15/h2-3,6,9-11,13-14H,4-5,7-8,12H2,1H3,(H,25,26,31). The molecule has 1 N–H and O–H groups in total. The minimum Gasteiger partial charge on any atom is -0.342 e. The number of aryl methyl sites for hydroxylation is 1. The average molecular weight is 418 g/mol. The first-order valence-corrected chi connectivity index (χ1v) is 10.2. The van der Waals surface area contributed by atoms with Gasteiger partial charge in [-0.15, -0.1) is 0 Å². The third-order valence-electron chi connectivity index (χ3n) is 5.79. The van der Waals surface area contributed by atoms with Crippen molar-refractivity contribution < 1.29 is 0 Å². The van der Waals surface area contributed by atoms with Crippen molar-refractivity contribution in [3.05, 3.63) is 63.8 Å². The Labute approximate surface area is 177 Å². The Kier molecular flexibility index (Phi) is 4.81. The molecule has 10 heteroatoms. The largest absolute Gasteiger partial charge is 0.342 e. The number of H-pyrrole nitrogens is 1. The number of nitrogens with zero attached hydrogens (tertiary/aromatic N) is 7. The van der Waals surface area contributed by atoms with E-state index in [0.29, 0.717) is 35.1 Å². The first kappa shape index (κ1) is 19.2. The topological polar surface area (TPSA) is 115 Å². The van der Waals surface area contributed by atoms with Crippen LogP contribution in [0.5, 0.6) is 0 Å². The Hall–Kier alpha value is -3.82. The van der Waals surface area contributed by atoms with E-state index in [2.05, 4.69) is 29.9 Å². The van der Waals surface area contributed by atoms with E-state index in [0.717, 1.165) is 31.5 Å². The summed E-state index contributed by atoms with van der Waals surface area (Å²) in [7, 11) is 1.77. The molecular weight excluding hydrogens is 396 g/mol. The van der Waals surface area contributed by atoms with E-state index in [1.54, 1.807) is 41.1 Å². The average Bonchev–Trinajstić information content (AvgIpc) is 3.17. The van der Waals surface area contributed by atoms with Crippen molar-refractivity contribution in [3.8, 4) is 11.3 Å². The second kappa shape index (κ2) is 7.78. The van der Waals surface area contributed by atoms with Crippen LogP contribution in [0.2, 0.25) is 0 Å². The molecule has 1 aliphatic heterocycles. The molecule has 4 aromatic rings. The van der Waals surface area contributed by atoms with E-state index in [4.69, 9.17) is 0 Å². The molecule has 4 aromatic heterocycles. The summed E-state index contributed by atoms with van der Waals surface area (Å²) in [5.74, 6) is 0.923. The summed E-state index contributed by atoms with van der Waals surface area (Å²) in [4.78, 5) is 42.9. The molecule has 0 atom stereocenters. The lowest BCUT2D eigenvalue weighted by Crippen LogP contribution is -2.38. The van der Waals surface area contributed by atoms with Gasteiger partial charge >= 0.3 is 0 Å². The van der Waals surface area contributed by atoms with Crippen LogP contribution in [0.4, 0.5) is 5.95 Å². The zero-order chi connectivity index (χ0) is 21.4. The Morgan fingerprint density at radius 1 is 1.19 bits per heavy atom. The van der Waals surface area contributed by atoms with Crippen LogP contribution < -0.4 is 16.0 Å². The quantitative estimate of drug-likeness (QED) is 0.529. The molecule has 1 saturated heterocycles. The number of pyridine rings is 1. The molecule has 5 rings (SSSR count). The van der Waals surface area contributed by atoms with E-state index in [9.17, 15) is 9.59 Å². The van der Waals surface area contributed by atoms with Crippen LogP contribution in [0.3, 0.4) is 0 Å². The number of rotatable bonds is 4. The molecule has 0 unspecified atom stereocenters. The van der Waals surface area contributed by atoms with Crippen LogP contribution >= 0.6 is 0 Å². The molecule has 0 amide bonds. The van der Waals surface area contributed by atoms with E-state index in [1.165, 1.54) is 6.20 Å². The number of nitrogens with one attached hydrogen (secondary N) is 1. The Bertz CT molecular complexity index is 1330. The van der Waals surface area contributed by atoms with Gasteiger partial charge in [0.25, 0.3) is 11.1 Å². The number of anilines is 1. The minimum atomic E-state index is -0.179. The van der Waals surface area contributed by atoms with Gasteiger partial charge in [-0.1, -0.05) is 0 Å². The molecule has 0 saturated carbocycles. The molecule has 31 heavy (non-hydrogen) atoms. The predicted octanol–water partition coefficient (Wildman–Crippen LogP) is 1.19. The number of hydrogen-bond acceptors (Lipinski definition) is 7. The number of hydrogen-bond donors (Lipinski definition) is 1. The van der Waals surface area contributed by atoms with Crippen LogP contribution in [0.15, 0.2) is 52.7 Å². The predicted molar refractivity (Wildman–Crippen MR) is 116 cm³/mol. The summed E-state index contributed by atoms with van der Waals surface area (Å²) in [5, 5.41) is 4.60. The summed E-state index contributed by atoms with van der Waals surface area (Å²) < 4.78 is 3.28. The first-order chi connectivity index (χ1) is 15.1. The molecule has 0 bridgehead atoms. The highest BCUT2D eigenvalue weighted by atomic mass is 16.1. The van der Waals surface area contributed by atoms with Gasteiger partial charge in [-0.25, -0.2) is 4.98 Å². The van der Waals surface area contributed by atoms with Gasteiger partial charge in [0.2, 0.25) is 5.95 Å². The molecule has 158 valence electrons. The van der Waals surface area contributed by atoms with Gasteiger partial charge in [0.15, 0.2) is 5.65 Å². The third-order valence-corrected chi connectivity index (χ3v) is 5.79. The van der Waals surface area contributed by atoms with Crippen molar-refractivity contribution in [2.24, 2.45) is 13.0 Å². The minimum absolute atomic E-state index is 0.0658. The van der Waals surface area contributed by atoms with Crippen molar-refractivity contribution in [2.45, 2.75) is 19.4 Å². The van der Waals surface area contributed by atoms with Gasteiger partial charge in [-0.2, -0.15) is 10.1 Å². The fourth-order valence-corrected chi connectivity index (χ4v) is 4.01. The van der Waals surface area contributed by atoms with Crippen LogP contribution in [-0.2, 0) is 13.6 Å². The third kappa shape index (κ3) is 3.72. The maximum absolute atomic E-state index is 12.6. The van der Waals surface area contributed by atoms with E-state index in [1.807, 2.05) is 12.1 Å². The van der Waals surface area contributed by atoms with Crippen molar-refractivity contribution in [2.75, 3.05) is 18.0 Å². The molecule has 0 aromatic carbocycles. The smallest absolute Gasteiger partial charge is 0.263 e. The van der Waals surface area contributed by atoms with Crippen molar-refractivity contribution >= 4 is 17.0 Å². The number of piperidine rings is 1. The molecule has 0 aliphatic carbocycles. The van der Waals surface area contributed by atoms with E-state index >= 15 is 0 Å². The zero-order valence-corrected chi connectivity index (χ0v) is 17.1. The Balaban J connectivity index is 1.27. The second-order valence-electron chi connectivity index (χ2n) is 7.83. The van der Waals surface area contributed by atoms with Crippen molar-refractivity contribution in [1.82, 2.24) is 34.3 Å². The highest BCUT2D eigenvalue weighted by molar-refractivity contribution is 5.74. The Morgan fingerprint density at radius 3 is 2.77 bits per heavy atom. The highest BCUT2D eigenvalue weighted by Crippen LogP contribution is 2.22. The molecule has 5 heterocycles. The van der Waals surface area contributed by atoms with E-state index < -0.39 is 0 Å². The summed E-state index contributed by atoms with van der Waals surface area (Å²) >= 11 is 0. The normalized spacial score (nSPS) is 14.9. The van der Waals surface area contributed by atoms with E-state index in [-0.39, 0.29) is 11.1 Å². The second-order valence-corrected chi connectivity index (χ2v) is 7.83. The fourth-order valence-electron chi connectivity index (χ4n) is 4.01. The fraction of sp³-hybridized carbons (Fsp3) is 0.333. The van der Waals surface area contributed by atoms with Gasteiger partial charge < -0.3 is 4.90 Å². The summed E-state index contributed by atoms with van der Waals surface area (Å²) in [6.45, 7) is 2.14. The van der Waals surface area contributed by atoms with Crippen molar-refractivity contribution in [1.29, 1.82) is 0 Å². The van der Waals surface area contributed by atoms with Crippen LogP contribution in [0.25, 0.3) is 22.3 Å². The maximum Gasteiger partial charge on any atom is 0.263 e. The molecular formula is C21H22N8O2. The SMILES string of the molecule is Cn1ncc2c(=O)[nH]c(N3CCC(Cn4cnc(-c5cccnc5)cc4=O)CC3)nc21. The summed E-state index contributed by atoms with van der Waals surface area (Å²) in [5.41, 5.74) is 1.79. The van der Waals surface area contributed by atoms with Crippen LogP contribution in [0.1, 0.15) is 12.8 Å². The summed E-state index contributed by atoms with van der Waals surface area (Å²) in [6, 6.07) is 5.27. The van der Waals surface area contributed by atoms with Gasteiger partial charge in [-0.05, 0) is 30.9 Å². The van der Waals surface area contributed by atoms with Crippen LogP contribution in [0, 0.1) is 5.92 Å². The lowest BCUT2D eigenvalue weighted by atomic mass is 9.97. The van der Waals surface area contributed by atoms with Gasteiger partial charge in [0, 0.05) is 50.7 Å². The lowest BCUT2D eigenvalue weighted by Gasteiger charge is -2.32. The molecule has 0 radical (unpaired) electrons. The first-order valence-electron chi connectivity index (χ1n) is 10.2. The number of aromatic amines is 1. The lowest BCUT2D eigenvalue weighted by molar-refractivity contribution is 0.349. The number of fused-ring (bicyclic) bond motifs is 1. The highest BCUT2D eigenvalue weighted by Gasteiger charge is 2.22. The maximum atomic E-state index is 12.6.